The van der Waals surface area contributed by atoms with Crippen LogP contribution in [0.2, 0.25) is 0 Å². The second-order valence-corrected chi connectivity index (χ2v) is 5.09. The first-order valence-corrected chi connectivity index (χ1v) is 7.02. The van der Waals surface area contributed by atoms with Crippen LogP contribution in [0.4, 0.5) is 0 Å². The van der Waals surface area contributed by atoms with Crippen molar-refractivity contribution in [3.63, 3.8) is 0 Å². The first-order chi connectivity index (χ1) is 8.61. The van der Waals surface area contributed by atoms with E-state index in [2.05, 4.69) is 31.7 Å². The first kappa shape index (κ1) is 14.8. The zero-order valence-corrected chi connectivity index (χ0v) is 12.1. The molecule has 1 heterocycles. The molecule has 0 saturated carbocycles. The van der Waals surface area contributed by atoms with E-state index in [9.17, 15) is 10.1 Å². The monoisotopic (exact) mass is 336 g/mol. The average molecular weight is 337 g/mol. The van der Waals surface area contributed by atoms with Crippen molar-refractivity contribution < 1.29 is 9.45 Å². The minimum absolute atomic E-state index is 0.392. The van der Waals surface area contributed by atoms with Crippen molar-refractivity contribution in [2.24, 2.45) is 0 Å². The van der Waals surface area contributed by atoms with Gasteiger partial charge < -0.3 is 15.2 Å². The standard InChI is InChI=1S/C9H13BrN4O3S/c1-11-9(5-14(15)16)12-2-3-18-6-7-4-8(10)13-17-7/h4-5,11-12H,2-3,6H2,1H3. The number of halogens is 1. The topological polar surface area (TPSA) is 93.2 Å². The van der Waals surface area contributed by atoms with Crippen molar-refractivity contribution in [2.75, 3.05) is 19.3 Å². The van der Waals surface area contributed by atoms with Gasteiger partial charge in [-0.15, -0.1) is 0 Å². The zero-order chi connectivity index (χ0) is 13.4. The molecule has 1 aromatic heterocycles. The fourth-order valence-electron chi connectivity index (χ4n) is 1.09. The molecule has 0 aliphatic rings. The highest BCUT2D eigenvalue weighted by Crippen LogP contribution is 2.15. The van der Waals surface area contributed by atoms with Gasteiger partial charge in [0.2, 0.25) is 0 Å². The predicted octanol–water partition coefficient (Wildman–Crippen LogP) is 1.55. The summed E-state index contributed by atoms with van der Waals surface area (Å²) in [4.78, 5) is 9.76. The van der Waals surface area contributed by atoms with E-state index in [0.717, 1.165) is 17.7 Å². The summed E-state index contributed by atoms with van der Waals surface area (Å²) < 4.78 is 5.70. The lowest BCUT2D eigenvalue weighted by Crippen LogP contribution is -2.26. The maximum Gasteiger partial charge on any atom is 0.274 e. The number of nitrogens with one attached hydrogen (secondary N) is 2. The smallest absolute Gasteiger partial charge is 0.274 e. The van der Waals surface area contributed by atoms with Crippen LogP contribution < -0.4 is 10.6 Å². The molecular weight excluding hydrogens is 324 g/mol. The van der Waals surface area contributed by atoms with E-state index in [4.69, 9.17) is 4.52 Å². The minimum atomic E-state index is -0.502. The van der Waals surface area contributed by atoms with Crippen molar-refractivity contribution in [3.8, 4) is 0 Å². The number of hydrogen-bond donors (Lipinski definition) is 2. The van der Waals surface area contributed by atoms with Gasteiger partial charge in [-0.05, 0) is 15.9 Å². The number of hydrogen-bond acceptors (Lipinski definition) is 7. The van der Waals surface area contributed by atoms with Gasteiger partial charge >= 0.3 is 0 Å². The van der Waals surface area contributed by atoms with Gasteiger partial charge in [0.25, 0.3) is 6.20 Å². The zero-order valence-electron chi connectivity index (χ0n) is 9.68. The lowest BCUT2D eigenvalue weighted by molar-refractivity contribution is -0.404. The average Bonchev–Trinajstić information content (AvgIpc) is 2.72. The molecule has 0 saturated heterocycles. The highest BCUT2D eigenvalue weighted by Gasteiger charge is 2.02. The first-order valence-electron chi connectivity index (χ1n) is 5.07. The summed E-state index contributed by atoms with van der Waals surface area (Å²) in [5.41, 5.74) is 0. The van der Waals surface area contributed by atoms with Gasteiger partial charge in [0, 0.05) is 25.4 Å². The Labute approximate surface area is 117 Å². The van der Waals surface area contributed by atoms with E-state index < -0.39 is 4.92 Å². The molecule has 100 valence electrons. The number of rotatable bonds is 8. The number of aromatic nitrogens is 1. The molecule has 2 N–H and O–H groups in total. The van der Waals surface area contributed by atoms with E-state index in [-0.39, 0.29) is 0 Å². The van der Waals surface area contributed by atoms with E-state index in [1.807, 2.05) is 6.07 Å². The molecule has 1 aromatic rings. The summed E-state index contributed by atoms with van der Waals surface area (Å²) >= 11 is 4.85. The molecule has 0 aliphatic carbocycles. The van der Waals surface area contributed by atoms with Gasteiger partial charge in [-0.3, -0.25) is 10.1 Å². The van der Waals surface area contributed by atoms with Gasteiger partial charge in [-0.1, -0.05) is 5.16 Å². The van der Waals surface area contributed by atoms with Crippen LogP contribution in [0.15, 0.2) is 27.2 Å². The molecular formula is C9H13BrN4O3S. The third kappa shape index (κ3) is 5.92. The van der Waals surface area contributed by atoms with Crippen molar-refractivity contribution in [1.29, 1.82) is 0 Å². The predicted molar refractivity (Wildman–Crippen MR) is 72.5 cm³/mol. The maximum atomic E-state index is 10.3. The largest absolute Gasteiger partial charge is 0.370 e. The van der Waals surface area contributed by atoms with Gasteiger partial charge in [-0.25, -0.2) is 0 Å². The van der Waals surface area contributed by atoms with Gasteiger partial charge in [0.1, 0.15) is 10.4 Å². The van der Waals surface area contributed by atoms with Gasteiger partial charge in [0.05, 0.1) is 10.7 Å². The molecule has 1 rings (SSSR count). The van der Waals surface area contributed by atoms with Gasteiger partial charge in [-0.2, -0.15) is 11.8 Å². The normalized spacial score (nSPS) is 11.3. The molecule has 0 aromatic carbocycles. The third-order valence-corrected chi connectivity index (χ3v) is 3.20. The van der Waals surface area contributed by atoms with E-state index in [0.29, 0.717) is 22.7 Å². The SMILES string of the molecule is CNC(=C[N+](=O)[O-])NCCSCc1cc(Br)no1. The van der Waals surface area contributed by atoms with E-state index in [1.165, 1.54) is 0 Å². The van der Waals surface area contributed by atoms with Crippen LogP contribution in [0.25, 0.3) is 0 Å². The second-order valence-electron chi connectivity index (χ2n) is 3.17. The Hall–Kier alpha value is -1.22. The molecule has 9 heteroatoms. The molecule has 18 heavy (non-hydrogen) atoms. The molecule has 7 nitrogen and oxygen atoms in total. The molecule has 0 radical (unpaired) electrons. The lowest BCUT2D eigenvalue weighted by atomic mass is 10.5. The fraction of sp³-hybridized carbons (Fsp3) is 0.444. The van der Waals surface area contributed by atoms with Crippen LogP contribution in [0.5, 0.6) is 0 Å². The quantitative estimate of drug-likeness (QED) is 0.422. The van der Waals surface area contributed by atoms with Crippen LogP contribution >= 0.6 is 27.7 Å². The lowest BCUT2D eigenvalue weighted by Gasteiger charge is -2.06. The summed E-state index contributed by atoms with van der Waals surface area (Å²) in [5.74, 6) is 2.70. The summed E-state index contributed by atoms with van der Waals surface area (Å²) in [6.07, 6.45) is 0.901. The summed E-state index contributed by atoms with van der Waals surface area (Å²) in [6, 6.07) is 1.81. The molecule has 0 unspecified atom stereocenters. The summed E-state index contributed by atoms with van der Waals surface area (Å²) in [6.45, 7) is 0.625. The molecule has 0 spiro atoms. The highest BCUT2D eigenvalue weighted by atomic mass is 79.9. The van der Waals surface area contributed by atoms with Crippen molar-refractivity contribution >= 4 is 27.7 Å². The van der Waals surface area contributed by atoms with Crippen molar-refractivity contribution in [2.45, 2.75) is 5.75 Å². The van der Waals surface area contributed by atoms with Crippen LogP contribution in [0.3, 0.4) is 0 Å². The van der Waals surface area contributed by atoms with Crippen LogP contribution in [-0.4, -0.2) is 29.4 Å². The Bertz CT molecular complexity index is 424. The molecule has 0 bridgehead atoms. The summed E-state index contributed by atoms with van der Waals surface area (Å²) in [7, 11) is 1.63. The minimum Gasteiger partial charge on any atom is -0.370 e. The van der Waals surface area contributed by atoms with Gasteiger partial charge in [0.15, 0.2) is 5.82 Å². The number of thioether (sulfide) groups is 1. The summed E-state index contributed by atoms with van der Waals surface area (Å²) in [5, 5.41) is 19.6. The van der Waals surface area contributed by atoms with Crippen molar-refractivity contribution in [1.82, 2.24) is 15.8 Å². The molecule has 0 aliphatic heterocycles. The molecule has 0 amide bonds. The second kappa shape index (κ2) is 7.98. The Kier molecular flexibility index (Phi) is 6.58. The van der Waals surface area contributed by atoms with E-state index >= 15 is 0 Å². The van der Waals surface area contributed by atoms with Crippen LogP contribution in [-0.2, 0) is 5.75 Å². The number of nitro groups is 1. The number of nitrogens with zero attached hydrogens (tertiary/aromatic N) is 2. The Morgan fingerprint density at radius 1 is 1.78 bits per heavy atom. The maximum absolute atomic E-state index is 10.3. The molecule has 0 atom stereocenters. The van der Waals surface area contributed by atoms with Crippen LogP contribution in [0, 0.1) is 10.1 Å². The van der Waals surface area contributed by atoms with E-state index in [1.54, 1.807) is 18.8 Å². The Morgan fingerprint density at radius 2 is 2.56 bits per heavy atom. The van der Waals surface area contributed by atoms with Crippen molar-refractivity contribution in [3.05, 3.63) is 38.6 Å². The highest BCUT2D eigenvalue weighted by molar-refractivity contribution is 9.10. The fourth-order valence-corrected chi connectivity index (χ4v) is 2.15. The van der Waals surface area contributed by atoms with Crippen LogP contribution in [0.1, 0.15) is 5.76 Å². The third-order valence-electron chi connectivity index (χ3n) is 1.84. The molecule has 0 fully saturated rings. The Balaban J connectivity index is 2.16. The Morgan fingerprint density at radius 3 is 3.11 bits per heavy atom.